The molecule has 148 valence electrons. The number of aryl methyl sites for hydroxylation is 3. The van der Waals surface area contributed by atoms with E-state index in [2.05, 4.69) is 10.3 Å². The highest BCUT2D eigenvalue weighted by molar-refractivity contribution is 5.82. The highest BCUT2D eigenvalue weighted by atomic mass is 16.5. The Morgan fingerprint density at radius 2 is 1.96 bits per heavy atom. The topological polar surface area (TPSA) is 77.2 Å². The van der Waals surface area contributed by atoms with E-state index in [4.69, 9.17) is 4.74 Å². The highest BCUT2D eigenvalue weighted by Gasteiger charge is 2.41. The van der Waals surface area contributed by atoms with Crippen LogP contribution in [0.25, 0.3) is 11.0 Å². The lowest BCUT2D eigenvalue weighted by Gasteiger charge is -2.34. The van der Waals surface area contributed by atoms with Crippen molar-refractivity contribution in [3.05, 3.63) is 58.1 Å². The van der Waals surface area contributed by atoms with Crippen molar-refractivity contribution in [1.29, 1.82) is 0 Å². The smallest absolute Gasteiger partial charge is 0.312 e. The van der Waals surface area contributed by atoms with E-state index in [1.54, 1.807) is 4.68 Å². The molecule has 6 nitrogen and oxygen atoms in total. The summed E-state index contributed by atoms with van der Waals surface area (Å²) >= 11 is 0. The zero-order valence-electron chi connectivity index (χ0n) is 17.3. The maximum Gasteiger partial charge on any atom is 0.312 e. The second-order valence-corrected chi connectivity index (χ2v) is 7.85. The number of ether oxygens (including phenoxy) is 1. The van der Waals surface area contributed by atoms with Gasteiger partial charge in [0.05, 0.1) is 24.6 Å². The summed E-state index contributed by atoms with van der Waals surface area (Å²) in [6, 6.07) is 10.0. The van der Waals surface area contributed by atoms with Crippen LogP contribution in [0.4, 0.5) is 0 Å². The fourth-order valence-electron chi connectivity index (χ4n) is 3.97. The van der Waals surface area contributed by atoms with Gasteiger partial charge in [-0.3, -0.25) is 4.79 Å². The lowest BCUT2D eigenvalue weighted by atomic mass is 9.69. The van der Waals surface area contributed by atoms with Gasteiger partial charge in [0.25, 0.3) is 0 Å². The minimum Gasteiger partial charge on any atom is -0.469 e. The minimum absolute atomic E-state index is 0.0484. The second kappa shape index (κ2) is 7.36. The zero-order chi connectivity index (χ0) is 20.6. The molecule has 1 heterocycles. The first kappa shape index (κ1) is 20.0. The van der Waals surface area contributed by atoms with E-state index in [1.165, 1.54) is 7.11 Å². The molecule has 0 aliphatic rings. The van der Waals surface area contributed by atoms with Gasteiger partial charge >= 0.3 is 5.97 Å². The van der Waals surface area contributed by atoms with Crippen LogP contribution in [-0.2, 0) is 23.2 Å². The first-order valence-corrected chi connectivity index (χ1v) is 9.30. The maximum absolute atomic E-state index is 12.7. The normalized spacial score (nSPS) is 13.0. The van der Waals surface area contributed by atoms with Crippen LogP contribution in [0.5, 0.6) is 0 Å². The summed E-state index contributed by atoms with van der Waals surface area (Å²) in [5.74, 6) is -0.556. The second-order valence-electron chi connectivity index (χ2n) is 7.85. The molecular weight excluding hydrogens is 354 g/mol. The Morgan fingerprint density at radius 3 is 2.61 bits per heavy atom. The molecule has 0 unspecified atom stereocenters. The van der Waals surface area contributed by atoms with Gasteiger partial charge in [0.2, 0.25) is 0 Å². The number of fused-ring (bicyclic) bond motifs is 1. The van der Waals surface area contributed by atoms with Gasteiger partial charge < -0.3 is 9.84 Å². The van der Waals surface area contributed by atoms with E-state index in [0.717, 1.165) is 38.9 Å². The molecule has 2 aromatic carbocycles. The van der Waals surface area contributed by atoms with Crippen molar-refractivity contribution in [3.8, 4) is 0 Å². The van der Waals surface area contributed by atoms with Crippen LogP contribution >= 0.6 is 0 Å². The van der Waals surface area contributed by atoms with Gasteiger partial charge in [0.1, 0.15) is 5.52 Å². The average Bonchev–Trinajstić information content (AvgIpc) is 3.05. The van der Waals surface area contributed by atoms with E-state index in [-0.39, 0.29) is 18.5 Å². The summed E-state index contributed by atoms with van der Waals surface area (Å²) in [5.41, 5.74) is 5.74. The number of carbonyl (C=O) groups is 1. The molecule has 0 radical (unpaired) electrons. The molecule has 0 aliphatic carbocycles. The third kappa shape index (κ3) is 3.18. The Kier molecular flexibility index (Phi) is 5.26. The fourth-order valence-corrected chi connectivity index (χ4v) is 3.97. The number of methoxy groups -OCH3 is 1. The van der Waals surface area contributed by atoms with Crippen LogP contribution in [0.2, 0.25) is 0 Å². The Hall–Kier alpha value is -2.73. The number of hydrogen-bond acceptors (Lipinski definition) is 5. The van der Waals surface area contributed by atoms with Gasteiger partial charge in [-0.25, -0.2) is 4.68 Å². The summed E-state index contributed by atoms with van der Waals surface area (Å²) in [7, 11) is 3.27. The van der Waals surface area contributed by atoms with Gasteiger partial charge in [-0.05, 0) is 61.6 Å². The standard InChI is InChI=1S/C22H27N3O3/c1-13-7-8-15(11-16(13)12-26)19(22(3,4)21(27)28-6)17-9-10-18-20(14(17)2)23-24-25(18)5/h7-11,19,26H,12H2,1-6H3/t19-/m0/s1. The van der Waals surface area contributed by atoms with Crippen LogP contribution < -0.4 is 0 Å². The molecule has 1 N–H and O–H groups in total. The van der Waals surface area contributed by atoms with Gasteiger partial charge in [0, 0.05) is 13.0 Å². The number of aromatic nitrogens is 3. The summed E-state index contributed by atoms with van der Waals surface area (Å²) in [6.07, 6.45) is 0. The number of nitrogens with zero attached hydrogens (tertiary/aromatic N) is 3. The molecule has 0 amide bonds. The fraction of sp³-hybridized carbons (Fsp3) is 0.409. The predicted octanol–water partition coefficient (Wildman–Crippen LogP) is 3.41. The molecule has 1 aromatic heterocycles. The summed E-state index contributed by atoms with van der Waals surface area (Å²) in [5, 5.41) is 18.2. The monoisotopic (exact) mass is 381 g/mol. The van der Waals surface area contributed by atoms with Gasteiger partial charge in [-0.2, -0.15) is 0 Å². The van der Waals surface area contributed by atoms with E-state index in [1.807, 2.05) is 65.1 Å². The van der Waals surface area contributed by atoms with Crippen LogP contribution in [0, 0.1) is 19.3 Å². The molecule has 28 heavy (non-hydrogen) atoms. The molecule has 0 saturated heterocycles. The van der Waals surface area contributed by atoms with Crippen molar-refractivity contribution in [2.75, 3.05) is 7.11 Å². The number of esters is 1. The number of rotatable bonds is 5. The summed E-state index contributed by atoms with van der Waals surface area (Å²) < 4.78 is 6.87. The Balaban J connectivity index is 2.28. The van der Waals surface area contributed by atoms with Crippen molar-refractivity contribution >= 4 is 17.0 Å². The van der Waals surface area contributed by atoms with Crippen molar-refractivity contribution in [2.45, 2.75) is 40.2 Å². The van der Waals surface area contributed by atoms with Crippen molar-refractivity contribution in [3.63, 3.8) is 0 Å². The molecule has 0 bridgehead atoms. The predicted molar refractivity (Wildman–Crippen MR) is 108 cm³/mol. The van der Waals surface area contributed by atoms with Crippen LogP contribution in [0.1, 0.15) is 47.6 Å². The number of hydrogen-bond donors (Lipinski definition) is 1. The number of benzene rings is 2. The lowest BCUT2D eigenvalue weighted by Crippen LogP contribution is -2.34. The van der Waals surface area contributed by atoms with Crippen LogP contribution in [0.15, 0.2) is 30.3 Å². The van der Waals surface area contributed by atoms with E-state index >= 15 is 0 Å². The Bertz CT molecular complexity index is 1040. The summed E-state index contributed by atoms with van der Waals surface area (Å²) in [4.78, 5) is 12.7. The minimum atomic E-state index is -0.822. The molecule has 0 saturated carbocycles. The first-order valence-electron chi connectivity index (χ1n) is 9.30. The zero-order valence-corrected chi connectivity index (χ0v) is 17.3. The third-order valence-corrected chi connectivity index (χ3v) is 5.70. The molecular formula is C22H27N3O3. The quantitative estimate of drug-likeness (QED) is 0.686. The molecule has 6 heteroatoms. The lowest BCUT2D eigenvalue weighted by molar-refractivity contribution is -0.151. The molecule has 0 spiro atoms. The highest BCUT2D eigenvalue weighted by Crippen LogP contribution is 2.44. The number of aliphatic hydroxyl groups is 1. The number of aliphatic hydroxyl groups excluding tert-OH is 1. The van der Waals surface area contributed by atoms with Crippen LogP contribution in [0.3, 0.4) is 0 Å². The first-order chi connectivity index (χ1) is 13.2. The average molecular weight is 381 g/mol. The summed E-state index contributed by atoms with van der Waals surface area (Å²) in [6.45, 7) is 7.71. The SMILES string of the molecule is COC(=O)C(C)(C)[C@@H](c1ccc(C)c(CO)c1)c1ccc2c(nnn2C)c1C. The van der Waals surface area contributed by atoms with Gasteiger partial charge in [-0.1, -0.05) is 29.5 Å². The van der Waals surface area contributed by atoms with Crippen molar-refractivity contribution in [1.82, 2.24) is 15.0 Å². The molecule has 0 aliphatic heterocycles. The van der Waals surface area contributed by atoms with Crippen molar-refractivity contribution in [2.24, 2.45) is 12.5 Å². The van der Waals surface area contributed by atoms with E-state index in [9.17, 15) is 9.90 Å². The van der Waals surface area contributed by atoms with E-state index in [0.29, 0.717) is 0 Å². The Morgan fingerprint density at radius 1 is 1.25 bits per heavy atom. The van der Waals surface area contributed by atoms with Crippen LogP contribution in [-0.4, -0.2) is 33.2 Å². The third-order valence-electron chi connectivity index (χ3n) is 5.70. The molecule has 0 fully saturated rings. The Labute approximate surface area is 165 Å². The van der Waals surface area contributed by atoms with Crippen molar-refractivity contribution < 1.29 is 14.6 Å². The molecule has 3 rings (SSSR count). The van der Waals surface area contributed by atoms with Gasteiger partial charge in [-0.15, -0.1) is 5.10 Å². The molecule has 1 atom stereocenters. The number of carbonyl (C=O) groups excluding carboxylic acids is 1. The largest absolute Gasteiger partial charge is 0.469 e. The van der Waals surface area contributed by atoms with E-state index < -0.39 is 5.41 Å². The van der Waals surface area contributed by atoms with Gasteiger partial charge in [0.15, 0.2) is 0 Å². The molecule has 3 aromatic rings. The maximum atomic E-state index is 12.7.